The van der Waals surface area contributed by atoms with Crippen molar-refractivity contribution in [2.45, 2.75) is 32.9 Å². The fourth-order valence-corrected chi connectivity index (χ4v) is 2.38. The van der Waals surface area contributed by atoms with E-state index in [1.54, 1.807) is 6.26 Å². The fraction of sp³-hybridized carbons (Fsp3) is 0.278. The second-order valence-corrected chi connectivity index (χ2v) is 6.56. The maximum Gasteiger partial charge on any atom is 0.329 e. The van der Waals surface area contributed by atoms with Crippen LogP contribution in [0.2, 0.25) is 0 Å². The Labute approximate surface area is 160 Å². The molecule has 0 aliphatic heterocycles. The number of halogens is 1. The van der Waals surface area contributed by atoms with Crippen molar-refractivity contribution < 1.29 is 14.0 Å². The molecule has 1 aromatic heterocycles. The van der Waals surface area contributed by atoms with Crippen LogP contribution in [0, 0.1) is 0 Å². The van der Waals surface area contributed by atoms with Gasteiger partial charge in [0, 0.05) is 21.8 Å². The zero-order chi connectivity index (χ0) is 18.9. The predicted octanol–water partition coefficient (Wildman–Crippen LogP) is 3.02. The first-order chi connectivity index (χ1) is 12.5. The number of carbonyl (C=O) groups excluding carboxylic acids is 2. The summed E-state index contributed by atoms with van der Waals surface area (Å²) in [6.07, 6.45) is 3.83. The van der Waals surface area contributed by atoms with E-state index in [1.165, 1.54) is 6.21 Å². The molecule has 0 saturated heterocycles. The maximum atomic E-state index is 11.7. The molecule has 0 fully saturated rings. The van der Waals surface area contributed by atoms with Gasteiger partial charge in [0.15, 0.2) is 0 Å². The summed E-state index contributed by atoms with van der Waals surface area (Å²) in [6, 6.07) is 9.24. The average Bonchev–Trinajstić information content (AvgIpc) is 3.14. The number of hydrogen-bond acceptors (Lipinski definition) is 5. The second-order valence-electron chi connectivity index (χ2n) is 5.65. The molecule has 0 unspecified atom stereocenters. The SMILES string of the molecule is CC[C@H](C)NC(=O)C(=O)N/N=C\c1cc(Br)ccc1NCc1ccco1. The summed E-state index contributed by atoms with van der Waals surface area (Å²) in [6.45, 7) is 4.26. The molecule has 0 bridgehead atoms. The molecule has 1 heterocycles. The normalized spacial score (nSPS) is 12.0. The molecule has 7 nitrogen and oxygen atoms in total. The Hall–Kier alpha value is -2.61. The highest BCUT2D eigenvalue weighted by Crippen LogP contribution is 2.20. The summed E-state index contributed by atoms with van der Waals surface area (Å²) in [7, 11) is 0. The lowest BCUT2D eigenvalue weighted by atomic mass is 10.2. The Morgan fingerprint density at radius 3 is 2.81 bits per heavy atom. The zero-order valence-corrected chi connectivity index (χ0v) is 16.2. The van der Waals surface area contributed by atoms with Gasteiger partial charge in [-0.1, -0.05) is 22.9 Å². The Balaban J connectivity index is 1.98. The summed E-state index contributed by atoms with van der Waals surface area (Å²) in [5.74, 6) is -0.714. The van der Waals surface area contributed by atoms with Gasteiger partial charge in [0.2, 0.25) is 0 Å². The van der Waals surface area contributed by atoms with Crippen molar-refractivity contribution in [3.05, 3.63) is 52.4 Å². The Morgan fingerprint density at radius 1 is 1.31 bits per heavy atom. The summed E-state index contributed by atoms with van der Waals surface area (Å²) in [5.41, 5.74) is 3.79. The van der Waals surface area contributed by atoms with Crippen LogP contribution in [0.4, 0.5) is 5.69 Å². The smallest absolute Gasteiger partial charge is 0.329 e. The van der Waals surface area contributed by atoms with E-state index in [1.807, 2.05) is 44.2 Å². The molecule has 2 aromatic rings. The Kier molecular flexibility index (Phi) is 7.40. The van der Waals surface area contributed by atoms with Gasteiger partial charge in [0.1, 0.15) is 5.76 Å². The molecule has 0 radical (unpaired) electrons. The highest BCUT2D eigenvalue weighted by atomic mass is 79.9. The number of hydrogen-bond donors (Lipinski definition) is 3. The van der Waals surface area contributed by atoms with Crippen LogP contribution < -0.4 is 16.1 Å². The van der Waals surface area contributed by atoms with Gasteiger partial charge in [-0.3, -0.25) is 9.59 Å². The third kappa shape index (κ3) is 6.03. The van der Waals surface area contributed by atoms with Crippen LogP contribution >= 0.6 is 15.9 Å². The van der Waals surface area contributed by atoms with Crippen LogP contribution in [-0.2, 0) is 16.1 Å². The van der Waals surface area contributed by atoms with Gasteiger partial charge < -0.3 is 15.1 Å². The molecule has 0 aliphatic carbocycles. The van der Waals surface area contributed by atoms with Gasteiger partial charge in [0.05, 0.1) is 19.0 Å². The summed E-state index contributed by atoms with van der Waals surface area (Å²) in [4.78, 5) is 23.4. The molecule has 2 amide bonds. The van der Waals surface area contributed by atoms with Crippen molar-refractivity contribution in [3.8, 4) is 0 Å². The van der Waals surface area contributed by atoms with Crippen molar-refractivity contribution in [2.24, 2.45) is 5.10 Å². The topological polar surface area (TPSA) is 95.7 Å². The molecule has 1 atom stereocenters. The monoisotopic (exact) mass is 420 g/mol. The first-order valence-electron chi connectivity index (χ1n) is 8.19. The number of anilines is 1. The molecule has 1 aromatic carbocycles. The molecule has 0 saturated carbocycles. The first kappa shape index (κ1) is 19.7. The minimum Gasteiger partial charge on any atom is -0.467 e. The van der Waals surface area contributed by atoms with Gasteiger partial charge in [-0.2, -0.15) is 5.10 Å². The largest absolute Gasteiger partial charge is 0.467 e. The standard InChI is InChI=1S/C18H21BrN4O3/c1-3-12(2)22-17(24)18(25)23-21-10-13-9-14(19)6-7-16(13)20-11-15-5-4-8-26-15/h4-10,12,20H,3,11H2,1-2H3,(H,22,24)(H,23,25)/b21-10-/t12-/m0/s1. The quantitative estimate of drug-likeness (QED) is 0.364. The zero-order valence-electron chi connectivity index (χ0n) is 14.6. The van der Waals surface area contributed by atoms with E-state index in [4.69, 9.17) is 4.42 Å². The third-order valence-corrected chi connectivity index (χ3v) is 4.11. The average molecular weight is 421 g/mol. The van der Waals surface area contributed by atoms with Crippen LogP contribution in [0.5, 0.6) is 0 Å². The number of benzene rings is 1. The fourth-order valence-electron chi connectivity index (χ4n) is 2.00. The Bertz CT molecular complexity index is 775. The van der Waals surface area contributed by atoms with Crippen LogP contribution in [-0.4, -0.2) is 24.1 Å². The number of rotatable bonds is 7. The van der Waals surface area contributed by atoms with E-state index >= 15 is 0 Å². The third-order valence-electron chi connectivity index (χ3n) is 3.61. The maximum absolute atomic E-state index is 11.7. The van der Waals surface area contributed by atoms with E-state index in [-0.39, 0.29) is 6.04 Å². The van der Waals surface area contributed by atoms with Crippen LogP contribution in [0.25, 0.3) is 0 Å². The number of furan rings is 1. The molecule has 2 rings (SSSR count). The highest BCUT2D eigenvalue weighted by molar-refractivity contribution is 9.10. The summed E-state index contributed by atoms with van der Waals surface area (Å²) < 4.78 is 6.16. The number of nitrogens with one attached hydrogen (secondary N) is 3. The first-order valence-corrected chi connectivity index (χ1v) is 8.98. The van der Waals surface area contributed by atoms with Gasteiger partial charge in [-0.05, 0) is 43.7 Å². The van der Waals surface area contributed by atoms with Crippen molar-refractivity contribution >= 4 is 39.6 Å². The highest BCUT2D eigenvalue weighted by Gasteiger charge is 2.14. The molecular weight excluding hydrogens is 400 g/mol. The van der Waals surface area contributed by atoms with Crippen LogP contribution in [0.3, 0.4) is 0 Å². The molecule has 138 valence electrons. The Morgan fingerprint density at radius 2 is 2.12 bits per heavy atom. The number of amides is 2. The van der Waals surface area contributed by atoms with E-state index in [9.17, 15) is 9.59 Å². The van der Waals surface area contributed by atoms with E-state index in [2.05, 4.69) is 37.1 Å². The molecule has 0 spiro atoms. The lowest BCUT2D eigenvalue weighted by Crippen LogP contribution is -2.41. The number of nitrogens with zero attached hydrogens (tertiary/aromatic N) is 1. The number of carbonyl (C=O) groups is 2. The van der Waals surface area contributed by atoms with Crippen molar-refractivity contribution in [2.75, 3.05) is 5.32 Å². The van der Waals surface area contributed by atoms with Crippen molar-refractivity contribution in [1.29, 1.82) is 0 Å². The van der Waals surface area contributed by atoms with Gasteiger partial charge in [0.25, 0.3) is 0 Å². The van der Waals surface area contributed by atoms with Crippen molar-refractivity contribution in [3.63, 3.8) is 0 Å². The lowest BCUT2D eigenvalue weighted by molar-refractivity contribution is -0.139. The molecule has 8 heteroatoms. The second kappa shape index (κ2) is 9.76. The molecule has 3 N–H and O–H groups in total. The molecule has 0 aliphatic rings. The van der Waals surface area contributed by atoms with Gasteiger partial charge in [-0.15, -0.1) is 0 Å². The van der Waals surface area contributed by atoms with Crippen molar-refractivity contribution in [1.82, 2.24) is 10.7 Å². The van der Waals surface area contributed by atoms with Gasteiger partial charge in [-0.25, -0.2) is 5.43 Å². The summed E-state index contributed by atoms with van der Waals surface area (Å²) in [5, 5.41) is 9.69. The lowest BCUT2D eigenvalue weighted by Gasteiger charge is -2.10. The predicted molar refractivity (Wildman–Crippen MR) is 104 cm³/mol. The molecule has 26 heavy (non-hydrogen) atoms. The van der Waals surface area contributed by atoms with E-state index < -0.39 is 11.8 Å². The minimum absolute atomic E-state index is 0.0697. The van der Waals surface area contributed by atoms with Crippen LogP contribution in [0.1, 0.15) is 31.6 Å². The molecular formula is C18H21BrN4O3. The van der Waals surface area contributed by atoms with Gasteiger partial charge >= 0.3 is 11.8 Å². The van der Waals surface area contributed by atoms with Crippen LogP contribution in [0.15, 0.2) is 50.6 Å². The van der Waals surface area contributed by atoms with E-state index in [0.29, 0.717) is 6.54 Å². The summed E-state index contributed by atoms with van der Waals surface area (Å²) >= 11 is 3.41. The number of hydrazone groups is 1. The minimum atomic E-state index is -0.804. The van der Waals surface area contributed by atoms with E-state index in [0.717, 1.165) is 27.9 Å².